The van der Waals surface area contributed by atoms with Crippen LogP contribution in [0.3, 0.4) is 0 Å². The maximum absolute atomic E-state index is 12.2. The fraction of sp³-hybridized carbons (Fsp3) is 0.615. The van der Waals surface area contributed by atoms with E-state index in [0.29, 0.717) is 6.54 Å². The van der Waals surface area contributed by atoms with Crippen molar-refractivity contribution in [1.29, 1.82) is 0 Å². The number of hydrogen-bond acceptors (Lipinski definition) is 4. The van der Waals surface area contributed by atoms with Crippen LogP contribution in [0, 0.1) is 0 Å². The van der Waals surface area contributed by atoms with Crippen LogP contribution in [0.4, 0.5) is 5.82 Å². The first-order valence-corrected chi connectivity index (χ1v) is 6.39. The number of likely N-dealkylation sites (N-methyl/N-ethyl adjacent to an activating group) is 1. The zero-order chi connectivity index (χ0) is 14.6. The van der Waals surface area contributed by atoms with E-state index in [0.717, 1.165) is 0 Å². The number of nitrogens with zero attached hydrogens (tertiary/aromatic N) is 2. The average Bonchev–Trinajstić information content (AvgIpc) is 2.30. The highest BCUT2D eigenvalue weighted by Gasteiger charge is 2.19. The normalized spacial score (nSPS) is 12.9. The van der Waals surface area contributed by atoms with Gasteiger partial charge in [0.25, 0.3) is 5.56 Å². The predicted molar refractivity (Wildman–Crippen MR) is 75.3 cm³/mol. The van der Waals surface area contributed by atoms with Crippen molar-refractivity contribution in [2.24, 2.45) is 0 Å². The van der Waals surface area contributed by atoms with E-state index in [2.05, 4.69) is 15.6 Å². The smallest absolute Gasteiger partial charge is 0.293 e. The third kappa shape index (κ3) is 3.81. The molecule has 0 aliphatic heterocycles. The van der Waals surface area contributed by atoms with E-state index >= 15 is 0 Å². The number of nitrogens with one attached hydrogen (secondary N) is 2. The summed E-state index contributed by atoms with van der Waals surface area (Å²) in [6.07, 6.45) is 3.20. The second-order valence-electron chi connectivity index (χ2n) is 5.38. The summed E-state index contributed by atoms with van der Waals surface area (Å²) in [6, 6.07) is -0.504. The summed E-state index contributed by atoms with van der Waals surface area (Å²) in [5, 5.41) is 5.54. The van der Waals surface area contributed by atoms with Gasteiger partial charge in [-0.2, -0.15) is 0 Å². The molecule has 1 rings (SSSR count). The van der Waals surface area contributed by atoms with Gasteiger partial charge in [-0.05, 0) is 34.6 Å². The first-order valence-electron chi connectivity index (χ1n) is 6.39. The van der Waals surface area contributed by atoms with Crippen molar-refractivity contribution in [2.45, 2.75) is 46.2 Å². The SMILES string of the molecule is CCNC(=O)C(C)Nc1nccn(C(C)(C)C)c1=O. The van der Waals surface area contributed by atoms with Gasteiger partial charge in [-0.1, -0.05) is 0 Å². The molecule has 0 bridgehead atoms. The zero-order valence-corrected chi connectivity index (χ0v) is 12.2. The minimum absolute atomic E-state index is 0.158. The summed E-state index contributed by atoms with van der Waals surface area (Å²) in [4.78, 5) is 27.9. The van der Waals surface area contributed by atoms with E-state index in [1.165, 1.54) is 0 Å². The Kier molecular flexibility index (Phi) is 4.69. The zero-order valence-electron chi connectivity index (χ0n) is 12.2. The van der Waals surface area contributed by atoms with Crippen LogP contribution in [-0.2, 0) is 10.3 Å². The Morgan fingerprint density at radius 3 is 2.63 bits per heavy atom. The third-order valence-electron chi connectivity index (χ3n) is 2.66. The second-order valence-corrected chi connectivity index (χ2v) is 5.38. The standard InChI is InChI=1S/C13H22N4O2/c1-6-14-11(18)9(2)16-10-12(19)17(8-7-15-10)13(3,4)5/h7-9H,6H2,1-5H3,(H,14,18)(H,15,16). The van der Waals surface area contributed by atoms with E-state index in [-0.39, 0.29) is 22.8 Å². The fourth-order valence-corrected chi connectivity index (χ4v) is 1.64. The van der Waals surface area contributed by atoms with Gasteiger partial charge >= 0.3 is 0 Å². The maximum atomic E-state index is 12.2. The highest BCUT2D eigenvalue weighted by Crippen LogP contribution is 2.10. The molecule has 6 nitrogen and oxygen atoms in total. The molecule has 2 N–H and O–H groups in total. The molecule has 1 aromatic heterocycles. The van der Waals surface area contributed by atoms with Crippen LogP contribution in [0.5, 0.6) is 0 Å². The van der Waals surface area contributed by atoms with Crippen molar-refractivity contribution in [3.8, 4) is 0 Å². The third-order valence-corrected chi connectivity index (χ3v) is 2.66. The highest BCUT2D eigenvalue weighted by molar-refractivity contribution is 5.83. The summed E-state index contributed by atoms with van der Waals surface area (Å²) in [7, 11) is 0. The minimum atomic E-state index is -0.504. The molecule has 0 fully saturated rings. The van der Waals surface area contributed by atoms with Gasteiger partial charge in [0.1, 0.15) is 6.04 Å². The lowest BCUT2D eigenvalue weighted by Gasteiger charge is -2.23. The Morgan fingerprint density at radius 2 is 2.11 bits per heavy atom. The van der Waals surface area contributed by atoms with Crippen molar-refractivity contribution in [3.63, 3.8) is 0 Å². The lowest BCUT2D eigenvalue weighted by molar-refractivity contribution is -0.121. The Morgan fingerprint density at radius 1 is 1.47 bits per heavy atom. The number of aromatic nitrogens is 2. The Hall–Kier alpha value is -1.85. The number of anilines is 1. The molecule has 19 heavy (non-hydrogen) atoms. The van der Waals surface area contributed by atoms with E-state index in [1.807, 2.05) is 27.7 Å². The molecule has 0 aliphatic rings. The highest BCUT2D eigenvalue weighted by atomic mass is 16.2. The van der Waals surface area contributed by atoms with Crippen LogP contribution in [0.15, 0.2) is 17.2 Å². The van der Waals surface area contributed by atoms with Gasteiger partial charge in [-0.25, -0.2) is 4.98 Å². The number of hydrogen-bond donors (Lipinski definition) is 2. The number of carbonyl (C=O) groups excluding carboxylic acids is 1. The van der Waals surface area contributed by atoms with Crippen molar-refractivity contribution >= 4 is 11.7 Å². The number of rotatable bonds is 4. The van der Waals surface area contributed by atoms with Crippen LogP contribution in [0.25, 0.3) is 0 Å². The van der Waals surface area contributed by atoms with Crippen LogP contribution >= 0.6 is 0 Å². The number of carbonyl (C=O) groups is 1. The van der Waals surface area contributed by atoms with Crippen LogP contribution < -0.4 is 16.2 Å². The van der Waals surface area contributed by atoms with Gasteiger partial charge < -0.3 is 15.2 Å². The molecule has 0 aromatic carbocycles. The summed E-state index contributed by atoms with van der Waals surface area (Å²) >= 11 is 0. The van der Waals surface area contributed by atoms with Gasteiger partial charge in [0.2, 0.25) is 5.91 Å². The van der Waals surface area contributed by atoms with Gasteiger partial charge in [-0.3, -0.25) is 9.59 Å². The quantitative estimate of drug-likeness (QED) is 0.850. The molecule has 1 aromatic rings. The maximum Gasteiger partial charge on any atom is 0.293 e. The lowest BCUT2D eigenvalue weighted by Crippen LogP contribution is -2.41. The molecule has 0 saturated heterocycles. The summed E-state index contributed by atoms with van der Waals surface area (Å²) in [5.74, 6) is 0.0334. The van der Waals surface area contributed by atoms with E-state index < -0.39 is 6.04 Å². The summed E-state index contributed by atoms with van der Waals surface area (Å²) in [6.45, 7) is 9.90. The predicted octanol–water partition coefficient (Wildman–Crippen LogP) is 0.935. The average molecular weight is 266 g/mol. The van der Waals surface area contributed by atoms with Crippen LogP contribution in [0.1, 0.15) is 34.6 Å². The fourth-order valence-electron chi connectivity index (χ4n) is 1.64. The van der Waals surface area contributed by atoms with Gasteiger partial charge in [0, 0.05) is 24.5 Å². The van der Waals surface area contributed by atoms with E-state index in [9.17, 15) is 9.59 Å². The van der Waals surface area contributed by atoms with Gasteiger partial charge in [0.05, 0.1) is 0 Å². The molecule has 1 amide bonds. The Bertz CT molecular complexity index is 502. The molecule has 1 unspecified atom stereocenters. The molecule has 1 atom stereocenters. The molecular formula is C13H22N4O2. The molecule has 0 radical (unpaired) electrons. The lowest BCUT2D eigenvalue weighted by atomic mass is 10.1. The van der Waals surface area contributed by atoms with Crippen molar-refractivity contribution < 1.29 is 4.79 Å². The first-order chi connectivity index (χ1) is 8.77. The largest absolute Gasteiger partial charge is 0.355 e. The van der Waals surface area contributed by atoms with Gasteiger partial charge in [-0.15, -0.1) is 0 Å². The number of amides is 1. The molecule has 0 aliphatic carbocycles. The molecule has 106 valence electrons. The molecule has 0 spiro atoms. The Labute approximate surface area is 113 Å². The van der Waals surface area contributed by atoms with Gasteiger partial charge in [0.15, 0.2) is 5.82 Å². The summed E-state index contributed by atoms with van der Waals surface area (Å²) in [5.41, 5.74) is -0.558. The van der Waals surface area contributed by atoms with E-state index in [1.54, 1.807) is 23.9 Å². The van der Waals surface area contributed by atoms with E-state index in [4.69, 9.17) is 0 Å². The molecule has 1 heterocycles. The molecular weight excluding hydrogens is 244 g/mol. The Balaban J connectivity index is 2.98. The van der Waals surface area contributed by atoms with Crippen LogP contribution in [0.2, 0.25) is 0 Å². The second kappa shape index (κ2) is 5.86. The summed E-state index contributed by atoms with van der Waals surface area (Å²) < 4.78 is 1.59. The van der Waals surface area contributed by atoms with Crippen molar-refractivity contribution in [3.05, 3.63) is 22.7 Å². The van der Waals surface area contributed by atoms with Crippen molar-refractivity contribution in [1.82, 2.24) is 14.9 Å². The van der Waals surface area contributed by atoms with Crippen LogP contribution in [-0.4, -0.2) is 28.0 Å². The topological polar surface area (TPSA) is 76.0 Å². The monoisotopic (exact) mass is 266 g/mol. The first kappa shape index (κ1) is 15.2. The minimum Gasteiger partial charge on any atom is -0.355 e. The van der Waals surface area contributed by atoms with Crippen molar-refractivity contribution in [2.75, 3.05) is 11.9 Å². The molecule has 0 saturated carbocycles. The molecule has 6 heteroatoms.